The Morgan fingerprint density at radius 1 is 1.21 bits per heavy atom. The molecule has 0 unspecified atom stereocenters. The Kier molecular flexibility index (Phi) is 6.06. The molecule has 0 heterocycles. The third kappa shape index (κ3) is 5.12. The van der Waals surface area contributed by atoms with Gasteiger partial charge in [-0.15, -0.1) is 0 Å². The summed E-state index contributed by atoms with van der Waals surface area (Å²) in [6.07, 6.45) is 0.0458. The van der Waals surface area contributed by atoms with Crippen LogP contribution < -0.4 is 5.32 Å². The molecule has 1 rings (SSSR count). The van der Waals surface area contributed by atoms with Crippen molar-refractivity contribution in [3.63, 3.8) is 0 Å². The zero-order valence-electron chi connectivity index (χ0n) is 11.7. The van der Waals surface area contributed by atoms with Gasteiger partial charge in [0.05, 0.1) is 12.6 Å². The van der Waals surface area contributed by atoms with Crippen LogP contribution in [0.4, 0.5) is 4.79 Å². The molecule has 0 aromatic heterocycles. The Labute approximate surface area is 114 Å². The first-order valence-corrected chi connectivity index (χ1v) is 6.57. The number of amides is 1. The van der Waals surface area contributed by atoms with Gasteiger partial charge in [0.15, 0.2) is 5.78 Å². The summed E-state index contributed by atoms with van der Waals surface area (Å²) in [5.74, 6) is 0.224. The van der Waals surface area contributed by atoms with Crippen molar-refractivity contribution in [2.24, 2.45) is 5.92 Å². The van der Waals surface area contributed by atoms with Crippen molar-refractivity contribution in [1.29, 1.82) is 0 Å². The molecular formula is C15H21NO3. The predicted octanol–water partition coefficient (Wildman–Crippen LogP) is 3.03. The second-order valence-corrected chi connectivity index (χ2v) is 4.78. The fourth-order valence-electron chi connectivity index (χ4n) is 1.82. The quantitative estimate of drug-likeness (QED) is 0.803. The Hall–Kier alpha value is -1.84. The number of nitrogens with one attached hydrogen (secondary N) is 1. The topological polar surface area (TPSA) is 55.4 Å². The molecule has 19 heavy (non-hydrogen) atoms. The van der Waals surface area contributed by atoms with E-state index in [-0.39, 0.29) is 5.78 Å². The van der Waals surface area contributed by atoms with E-state index >= 15 is 0 Å². The number of hydrogen-bond donors (Lipinski definition) is 1. The number of carbonyl (C=O) groups is 2. The molecule has 0 radical (unpaired) electrons. The van der Waals surface area contributed by atoms with Gasteiger partial charge in [-0.3, -0.25) is 4.79 Å². The first-order valence-electron chi connectivity index (χ1n) is 6.57. The van der Waals surface area contributed by atoms with Crippen LogP contribution in [0.15, 0.2) is 30.3 Å². The minimum Gasteiger partial charge on any atom is -0.450 e. The maximum absolute atomic E-state index is 12.3. The number of benzene rings is 1. The monoisotopic (exact) mass is 263 g/mol. The van der Waals surface area contributed by atoms with Gasteiger partial charge in [-0.1, -0.05) is 44.2 Å². The van der Waals surface area contributed by atoms with Gasteiger partial charge in [-0.05, 0) is 19.3 Å². The van der Waals surface area contributed by atoms with Crippen LogP contribution in [0.3, 0.4) is 0 Å². The van der Waals surface area contributed by atoms with Crippen molar-refractivity contribution < 1.29 is 14.3 Å². The zero-order valence-corrected chi connectivity index (χ0v) is 11.7. The molecular weight excluding hydrogens is 242 g/mol. The lowest BCUT2D eigenvalue weighted by Crippen LogP contribution is -2.42. The van der Waals surface area contributed by atoms with Crippen LogP contribution in [-0.4, -0.2) is 24.5 Å². The molecule has 0 aliphatic rings. The van der Waals surface area contributed by atoms with E-state index in [1.54, 1.807) is 19.1 Å². The number of ketones is 1. The standard InChI is InChI=1S/C15H21NO3/c1-4-19-15(18)16-13(10-11(2)3)14(17)12-8-6-5-7-9-12/h5-9,11,13H,4,10H2,1-3H3,(H,16,18)/t13-/m0/s1. The van der Waals surface area contributed by atoms with Gasteiger partial charge in [0.2, 0.25) is 0 Å². The molecule has 1 N–H and O–H groups in total. The van der Waals surface area contributed by atoms with Gasteiger partial charge < -0.3 is 10.1 Å². The van der Waals surface area contributed by atoms with Crippen molar-refractivity contribution in [1.82, 2.24) is 5.32 Å². The molecule has 0 saturated carbocycles. The van der Waals surface area contributed by atoms with E-state index in [0.29, 0.717) is 24.5 Å². The number of hydrogen-bond acceptors (Lipinski definition) is 3. The minimum atomic E-state index is -0.544. The largest absolute Gasteiger partial charge is 0.450 e. The van der Waals surface area contributed by atoms with Crippen LogP contribution in [0.5, 0.6) is 0 Å². The molecule has 0 aliphatic heterocycles. The number of rotatable bonds is 6. The molecule has 0 bridgehead atoms. The van der Waals surface area contributed by atoms with Crippen LogP contribution in [0.25, 0.3) is 0 Å². The van der Waals surface area contributed by atoms with Gasteiger partial charge in [0.1, 0.15) is 0 Å². The molecule has 104 valence electrons. The van der Waals surface area contributed by atoms with Gasteiger partial charge in [-0.25, -0.2) is 4.79 Å². The average molecular weight is 263 g/mol. The predicted molar refractivity (Wildman–Crippen MR) is 74.2 cm³/mol. The lowest BCUT2D eigenvalue weighted by molar-refractivity contribution is 0.0910. The molecule has 0 aliphatic carbocycles. The van der Waals surface area contributed by atoms with Crippen LogP contribution >= 0.6 is 0 Å². The summed E-state index contributed by atoms with van der Waals surface area (Å²) in [6, 6.07) is 8.44. The SMILES string of the molecule is CCOC(=O)N[C@@H](CC(C)C)C(=O)c1ccccc1. The molecule has 4 nitrogen and oxygen atoms in total. The highest BCUT2D eigenvalue weighted by Gasteiger charge is 2.23. The van der Waals surface area contributed by atoms with Crippen molar-refractivity contribution in [2.75, 3.05) is 6.61 Å². The third-order valence-electron chi connectivity index (χ3n) is 2.65. The second-order valence-electron chi connectivity index (χ2n) is 4.78. The third-order valence-corrected chi connectivity index (χ3v) is 2.65. The molecule has 0 spiro atoms. The van der Waals surface area contributed by atoms with E-state index in [4.69, 9.17) is 4.74 Å². The minimum absolute atomic E-state index is 0.0812. The highest BCUT2D eigenvalue weighted by Crippen LogP contribution is 2.11. The first kappa shape index (κ1) is 15.2. The fraction of sp³-hybridized carbons (Fsp3) is 0.467. The Balaban J connectivity index is 2.78. The van der Waals surface area contributed by atoms with Crippen LogP contribution in [0.1, 0.15) is 37.6 Å². The van der Waals surface area contributed by atoms with Gasteiger partial charge in [-0.2, -0.15) is 0 Å². The van der Waals surface area contributed by atoms with Crippen molar-refractivity contribution >= 4 is 11.9 Å². The maximum Gasteiger partial charge on any atom is 0.407 e. The fourth-order valence-corrected chi connectivity index (χ4v) is 1.82. The highest BCUT2D eigenvalue weighted by atomic mass is 16.5. The number of alkyl carbamates (subject to hydrolysis) is 1. The maximum atomic E-state index is 12.3. The summed E-state index contributed by atoms with van der Waals surface area (Å²) in [7, 11) is 0. The van der Waals surface area contributed by atoms with Gasteiger partial charge in [0, 0.05) is 5.56 Å². The van der Waals surface area contributed by atoms with Gasteiger partial charge in [0.25, 0.3) is 0 Å². The normalized spacial score (nSPS) is 12.0. The Morgan fingerprint density at radius 2 is 1.84 bits per heavy atom. The van der Waals surface area contributed by atoms with E-state index < -0.39 is 12.1 Å². The van der Waals surface area contributed by atoms with Crippen molar-refractivity contribution in [2.45, 2.75) is 33.2 Å². The first-order chi connectivity index (χ1) is 9.04. The second kappa shape index (κ2) is 7.56. The molecule has 0 fully saturated rings. The van der Waals surface area contributed by atoms with E-state index in [1.165, 1.54) is 0 Å². The lowest BCUT2D eigenvalue weighted by atomic mass is 9.96. The zero-order chi connectivity index (χ0) is 14.3. The van der Waals surface area contributed by atoms with Gasteiger partial charge >= 0.3 is 6.09 Å². The number of Topliss-reactive ketones (excluding diaryl/α,β-unsaturated/α-hetero) is 1. The molecule has 1 aromatic carbocycles. The van der Waals surface area contributed by atoms with E-state index in [1.807, 2.05) is 32.0 Å². The molecule has 1 amide bonds. The number of carbonyl (C=O) groups excluding carboxylic acids is 2. The van der Waals surface area contributed by atoms with E-state index in [9.17, 15) is 9.59 Å². The van der Waals surface area contributed by atoms with E-state index in [2.05, 4.69) is 5.32 Å². The summed E-state index contributed by atoms with van der Waals surface area (Å²) in [5.41, 5.74) is 0.602. The summed E-state index contributed by atoms with van der Waals surface area (Å²) in [4.78, 5) is 23.8. The summed E-state index contributed by atoms with van der Waals surface area (Å²) in [5, 5.41) is 2.64. The van der Waals surface area contributed by atoms with Crippen LogP contribution in [-0.2, 0) is 4.74 Å². The smallest absolute Gasteiger partial charge is 0.407 e. The molecule has 1 aromatic rings. The lowest BCUT2D eigenvalue weighted by Gasteiger charge is -2.19. The molecule has 1 atom stereocenters. The summed E-state index contributed by atoms with van der Waals surface area (Å²) >= 11 is 0. The van der Waals surface area contributed by atoms with Crippen LogP contribution in [0, 0.1) is 5.92 Å². The number of ether oxygens (including phenoxy) is 1. The van der Waals surface area contributed by atoms with Crippen LogP contribution in [0.2, 0.25) is 0 Å². The summed E-state index contributed by atoms with van der Waals surface area (Å²) in [6.45, 7) is 6.05. The molecule has 4 heteroatoms. The Morgan fingerprint density at radius 3 is 2.37 bits per heavy atom. The van der Waals surface area contributed by atoms with E-state index in [0.717, 1.165) is 0 Å². The Bertz CT molecular complexity index is 415. The molecule has 0 saturated heterocycles. The van der Waals surface area contributed by atoms with Crippen molar-refractivity contribution in [3.05, 3.63) is 35.9 Å². The van der Waals surface area contributed by atoms with Crippen molar-refractivity contribution in [3.8, 4) is 0 Å². The highest BCUT2D eigenvalue weighted by molar-refractivity contribution is 6.01. The summed E-state index contributed by atoms with van der Waals surface area (Å²) < 4.78 is 4.84. The average Bonchev–Trinajstić information content (AvgIpc) is 2.38.